The number of carbonyl (C=O) groups excluding carboxylic acids is 3. The van der Waals surface area contributed by atoms with Gasteiger partial charge in [-0.05, 0) is 70.3 Å². The second kappa shape index (κ2) is 4.96. The Kier molecular flexibility index (Phi) is 3.77. The molecule has 1 saturated heterocycles. The Hall–Kier alpha value is -1.21. The zero-order chi connectivity index (χ0) is 15.2. The number of amides is 4. The molecule has 0 aromatic heterocycles. The van der Waals surface area contributed by atoms with Crippen molar-refractivity contribution in [3.8, 4) is 0 Å². The Labute approximate surface area is 133 Å². The van der Waals surface area contributed by atoms with E-state index in [9.17, 15) is 14.4 Å². The van der Waals surface area contributed by atoms with Gasteiger partial charge in [-0.15, -0.1) is 0 Å². The number of benzene rings is 1. The number of halogens is 2. The summed E-state index contributed by atoms with van der Waals surface area (Å²) in [5.74, 6) is -1.15. The van der Waals surface area contributed by atoms with Crippen LogP contribution in [0.1, 0.15) is 19.4 Å². The maximum Gasteiger partial charge on any atom is 0.335 e. The van der Waals surface area contributed by atoms with Crippen LogP contribution in [0.2, 0.25) is 0 Å². The number of anilines is 1. The molecule has 5 nitrogen and oxygen atoms in total. The summed E-state index contributed by atoms with van der Waals surface area (Å²) < 4.78 is 1.19. The lowest BCUT2D eigenvalue weighted by atomic mass is 9.88. The number of nitrogens with one attached hydrogen (secondary N) is 1. The highest BCUT2D eigenvalue weighted by Crippen LogP contribution is 2.38. The largest absolute Gasteiger partial charge is 0.335 e. The van der Waals surface area contributed by atoms with Crippen LogP contribution in [0.25, 0.3) is 0 Å². The van der Waals surface area contributed by atoms with E-state index < -0.39 is 23.3 Å². The second-order valence-electron chi connectivity index (χ2n) is 5.10. The molecule has 106 valence electrons. The molecule has 0 spiro atoms. The highest BCUT2D eigenvalue weighted by Gasteiger charge is 2.48. The molecule has 0 radical (unpaired) electrons. The molecule has 1 aliphatic rings. The molecule has 1 aliphatic heterocycles. The Bertz CT molecular complexity index is 617. The van der Waals surface area contributed by atoms with E-state index in [1.54, 1.807) is 12.1 Å². The van der Waals surface area contributed by atoms with Gasteiger partial charge in [0.05, 0.1) is 5.69 Å². The fourth-order valence-corrected chi connectivity index (χ4v) is 3.66. The minimum atomic E-state index is -1.29. The van der Waals surface area contributed by atoms with E-state index >= 15 is 0 Å². The number of aryl methyl sites for hydroxylation is 1. The molecule has 0 aliphatic carbocycles. The van der Waals surface area contributed by atoms with Crippen LogP contribution >= 0.6 is 31.9 Å². The molecule has 1 heterocycles. The summed E-state index contributed by atoms with van der Waals surface area (Å²) in [5, 5.41) is 2.20. The lowest BCUT2D eigenvalue weighted by Gasteiger charge is -2.35. The predicted octanol–water partition coefficient (Wildman–Crippen LogP) is 3.13. The maximum absolute atomic E-state index is 12.5. The average molecular weight is 404 g/mol. The van der Waals surface area contributed by atoms with Crippen LogP contribution in [0.5, 0.6) is 0 Å². The summed E-state index contributed by atoms with van der Waals surface area (Å²) in [5.41, 5.74) is 0.0592. The van der Waals surface area contributed by atoms with Gasteiger partial charge < -0.3 is 0 Å². The second-order valence-corrected chi connectivity index (χ2v) is 6.81. The van der Waals surface area contributed by atoms with Gasteiger partial charge in [0.15, 0.2) is 0 Å². The minimum absolute atomic E-state index is 0.388. The number of carbonyl (C=O) groups is 3. The summed E-state index contributed by atoms with van der Waals surface area (Å²) in [6, 6.07) is 2.85. The number of urea groups is 1. The number of hydrogen-bond donors (Lipinski definition) is 1. The van der Waals surface area contributed by atoms with Crippen molar-refractivity contribution in [2.24, 2.45) is 5.41 Å². The predicted molar refractivity (Wildman–Crippen MR) is 81.4 cm³/mol. The Morgan fingerprint density at radius 2 is 1.60 bits per heavy atom. The van der Waals surface area contributed by atoms with Gasteiger partial charge in [-0.25, -0.2) is 9.69 Å². The molecule has 4 amide bonds. The van der Waals surface area contributed by atoms with Crippen molar-refractivity contribution in [1.82, 2.24) is 5.32 Å². The molecule has 20 heavy (non-hydrogen) atoms. The summed E-state index contributed by atoms with van der Waals surface area (Å²) in [4.78, 5) is 37.2. The van der Waals surface area contributed by atoms with Crippen LogP contribution in [0.4, 0.5) is 10.5 Å². The monoisotopic (exact) mass is 402 g/mol. The van der Waals surface area contributed by atoms with Gasteiger partial charge in [-0.1, -0.05) is 0 Å². The van der Waals surface area contributed by atoms with Crippen molar-refractivity contribution in [3.63, 3.8) is 0 Å². The van der Waals surface area contributed by atoms with E-state index in [1.165, 1.54) is 13.8 Å². The van der Waals surface area contributed by atoms with Crippen LogP contribution in [-0.4, -0.2) is 17.8 Å². The zero-order valence-electron chi connectivity index (χ0n) is 11.1. The van der Waals surface area contributed by atoms with Crippen molar-refractivity contribution in [3.05, 3.63) is 26.6 Å². The van der Waals surface area contributed by atoms with E-state index in [1.807, 2.05) is 6.92 Å². The maximum atomic E-state index is 12.5. The number of imide groups is 2. The number of hydrogen-bond acceptors (Lipinski definition) is 3. The number of rotatable bonds is 1. The summed E-state index contributed by atoms with van der Waals surface area (Å²) >= 11 is 6.70. The summed E-state index contributed by atoms with van der Waals surface area (Å²) in [6.07, 6.45) is 0. The third kappa shape index (κ3) is 2.29. The van der Waals surface area contributed by atoms with Gasteiger partial charge in [0.1, 0.15) is 5.41 Å². The topological polar surface area (TPSA) is 66.5 Å². The molecule has 0 unspecified atom stereocenters. The Balaban J connectivity index is 2.60. The number of barbiturate groups is 1. The molecule has 1 fully saturated rings. The highest BCUT2D eigenvalue weighted by atomic mass is 79.9. The molecule has 1 aromatic carbocycles. The van der Waals surface area contributed by atoms with Crippen LogP contribution in [0, 0.1) is 12.3 Å². The smallest absolute Gasteiger partial charge is 0.276 e. The summed E-state index contributed by atoms with van der Waals surface area (Å²) in [6.45, 7) is 4.87. The summed E-state index contributed by atoms with van der Waals surface area (Å²) in [7, 11) is 0. The van der Waals surface area contributed by atoms with E-state index in [4.69, 9.17) is 0 Å². The van der Waals surface area contributed by atoms with Crippen molar-refractivity contribution in [2.75, 3.05) is 4.90 Å². The third-order valence-electron chi connectivity index (χ3n) is 3.11. The molecule has 0 saturated carbocycles. The van der Waals surface area contributed by atoms with E-state index in [0.717, 1.165) is 10.5 Å². The van der Waals surface area contributed by atoms with E-state index in [-0.39, 0.29) is 0 Å². The first-order valence-electron chi connectivity index (χ1n) is 5.82. The average Bonchev–Trinajstić information content (AvgIpc) is 2.30. The first-order chi connectivity index (χ1) is 9.16. The number of nitrogens with zero attached hydrogens (tertiary/aromatic N) is 1. The third-order valence-corrected chi connectivity index (χ3v) is 4.32. The molecule has 0 bridgehead atoms. The van der Waals surface area contributed by atoms with Gasteiger partial charge >= 0.3 is 6.03 Å². The Morgan fingerprint density at radius 3 is 2.10 bits per heavy atom. The van der Waals surface area contributed by atoms with Gasteiger partial charge in [0, 0.05) is 8.95 Å². The molecule has 2 rings (SSSR count). The SMILES string of the molecule is Cc1cc(Br)c(N2C(=O)NC(=O)C(C)(C)C2=O)c(Br)c1. The van der Waals surface area contributed by atoms with Gasteiger partial charge in [0.2, 0.25) is 11.8 Å². The zero-order valence-corrected chi connectivity index (χ0v) is 14.3. The molecular formula is C13H12Br2N2O3. The van der Waals surface area contributed by atoms with Crippen molar-refractivity contribution >= 4 is 55.4 Å². The molecule has 7 heteroatoms. The molecular weight excluding hydrogens is 392 g/mol. The van der Waals surface area contributed by atoms with Crippen molar-refractivity contribution < 1.29 is 14.4 Å². The highest BCUT2D eigenvalue weighted by molar-refractivity contribution is 9.11. The molecule has 1 N–H and O–H groups in total. The van der Waals surface area contributed by atoms with Crippen LogP contribution in [0.15, 0.2) is 21.1 Å². The fourth-order valence-electron chi connectivity index (χ4n) is 1.89. The molecule has 0 atom stereocenters. The standard InChI is InChI=1S/C13H12Br2N2O3/c1-6-4-7(14)9(8(15)5-6)17-11(19)13(2,3)10(18)16-12(17)20/h4-5H,1-3H3,(H,16,18,20). The quantitative estimate of drug-likeness (QED) is 0.732. The normalized spacial score (nSPS) is 18.2. The lowest BCUT2D eigenvalue weighted by molar-refractivity contribution is -0.140. The van der Waals surface area contributed by atoms with Crippen molar-refractivity contribution in [2.45, 2.75) is 20.8 Å². The van der Waals surface area contributed by atoms with Gasteiger partial charge in [0.25, 0.3) is 0 Å². The van der Waals surface area contributed by atoms with Gasteiger partial charge in [-0.2, -0.15) is 0 Å². The van der Waals surface area contributed by atoms with E-state index in [2.05, 4.69) is 37.2 Å². The first-order valence-corrected chi connectivity index (χ1v) is 7.40. The first kappa shape index (κ1) is 15.2. The van der Waals surface area contributed by atoms with Crippen LogP contribution in [0.3, 0.4) is 0 Å². The van der Waals surface area contributed by atoms with E-state index in [0.29, 0.717) is 14.6 Å². The van der Waals surface area contributed by atoms with Crippen LogP contribution < -0.4 is 10.2 Å². The fraction of sp³-hybridized carbons (Fsp3) is 0.308. The van der Waals surface area contributed by atoms with Crippen LogP contribution in [-0.2, 0) is 9.59 Å². The Morgan fingerprint density at radius 1 is 1.10 bits per heavy atom. The minimum Gasteiger partial charge on any atom is -0.276 e. The van der Waals surface area contributed by atoms with Gasteiger partial charge in [-0.3, -0.25) is 14.9 Å². The van der Waals surface area contributed by atoms with Crippen molar-refractivity contribution in [1.29, 1.82) is 0 Å². The lowest BCUT2D eigenvalue weighted by Crippen LogP contribution is -2.62. The molecule has 1 aromatic rings.